The molecule has 1 aromatic carbocycles. The quantitative estimate of drug-likeness (QED) is 0.858. The summed E-state index contributed by atoms with van der Waals surface area (Å²) in [6, 6.07) is 8.44. The number of nitrogens with zero attached hydrogens (tertiary/aromatic N) is 1. The highest BCUT2D eigenvalue weighted by Gasteiger charge is 2.11. The van der Waals surface area contributed by atoms with Gasteiger partial charge in [0.2, 0.25) is 5.43 Å². The second kappa shape index (κ2) is 7.13. The van der Waals surface area contributed by atoms with Gasteiger partial charge < -0.3 is 14.4 Å². The maximum absolute atomic E-state index is 11.6. The van der Waals surface area contributed by atoms with Crippen LogP contribution in [-0.4, -0.2) is 22.2 Å². The van der Waals surface area contributed by atoms with Crippen LogP contribution in [0.2, 0.25) is 5.02 Å². The molecule has 0 saturated heterocycles. The lowest BCUT2D eigenvalue weighted by Crippen LogP contribution is -2.16. The normalized spacial score (nSPS) is 10.5. The second-order valence-corrected chi connectivity index (χ2v) is 5.25. The fraction of sp³-hybridized carbons (Fsp3) is 0.250. The van der Waals surface area contributed by atoms with Crippen molar-refractivity contribution < 1.29 is 14.6 Å². The molecule has 0 radical (unpaired) electrons. The van der Waals surface area contributed by atoms with Gasteiger partial charge in [0.25, 0.3) is 0 Å². The number of aromatic nitrogens is 1. The van der Waals surface area contributed by atoms with Crippen LogP contribution in [0.1, 0.15) is 18.2 Å². The molecule has 5 nitrogen and oxygen atoms in total. The molecule has 2 rings (SSSR count). The lowest BCUT2D eigenvalue weighted by atomic mass is 10.1. The molecule has 0 amide bonds. The van der Waals surface area contributed by atoms with Crippen LogP contribution >= 0.6 is 11.6 Å². The number of ether oxygens (including phenoxy) is 1. The van der Waals surface area contributed by atoms with Gasteiger partial charge in [-0.25, -0.2) is 0 Å². The Bertz CT molecular complexity index is 722. The van der Waals surface area contributed by atoms with E-state index in [1.807, 2.05) is 12.1 Å². The highest BCUT2D eigenvalue weighted by atomic mass is 35.5. The fourth-order valence-electron chi connectivity index (χ4n) is 2.08. The number of esters is 1. The summed E-state index contributed by atoms with van der Waals surface area (Å²) in [5, 5.41) is 10.7. The second-order valence-electron chi connectivity index (χ2n) is 4.81. The van der Waals surface area contributed by atoms with E-state index in [1.54, 1.807) is 22.9 Å². The number of aromatic hydroxyl groups is 1. The molecular formula is C16H16ClNO4. The van der Waals surface area contributed by atoms with Crippen molar-refractivity contribution in [1.82, 2.24) is 4.57 Å². The van der Waals surface area contributed by atoms with Crippen LogP contribution in [-0.2, 0) is 22.5 Å². The molecule has 0 saturated carbocycles. The van der Waals surface area contributed by atoms with Crippen LogP contribution in [0.3, 0.4) is 0 Å². The number of hydrogen-bond donors (Lipinski definition) is 1. The summed E-state index contributed by atoms with van der Waals surface area (Å²) in [4.78, 5) is 22.5. The van der Waals surface area contributed by atoms with Crippen molar-refractivity contribution in [2.45, 2.75) is 19.9 Å². The molecule has 0 unspecified atom stereocenters. The standard InChI is InChI=1S/C16H16ClNO4/c1-11(19)22-9-8-18-7-6-15(20)16(21)14(18)10-12-2-4-13(17)5-3-12/h2-7,21H,8-10H2,1H3. The SMILES string of the molecule is CC(=O)OCCn1ccc(=O)c(O)c1Cc1ccc(Cl)cc1. The van der Waals surface area contributed by atoms with Gasteiger partial charge in [-0.2, -0.15) is 0 Å². The maximum Gasteiger partial charge on any atom is 0.302 e. The molecule has 22 heavy (non-hydrogen) atoms. The van der Waals surface area contributed by atoms with Crippen molar-refractivity contribution in [2.24, 2.45) is 0 Å². The number of rotatable bonds is 5. The fourth-order valence-corrected chi connectivity index (χ4v) is 2.21. The summed E-state index contributed by atoms with van der Waals surface area (Å²) < 4.78 is 6.60. The minimum atomic E-state index is -0.437. The zero-order valence-electron chi connectivity index (χ0n) is 12.1. The molecule has 0 atom stereocenters. The summed E-state index contributed by atoms with van der Waals surface area (Å²) in [7, 11) is 0. The summed E-state index contributed by atoms with van der Waals surface area (Å²) in [6.07, 6.45) is 1.95. The van der Waals surface area contributed by atoms with Gasteiger partial charge in [-0.3, -0.25) is 9.59 Å². The van der Waals surface area contributed by atoms with Crippen LogP contribution in [0, 0.1) is 0 Å². The van der Waals surface area contributed by atoms with E-state index in [-0.39, 0.29) is 18.3 Å². The zero-order valence-corrected chi connectivity index (χ0v) is 12.8. The molecule has 0 bridgehead atoms. The predicted octanol–water partition coefficient (Wildman–Crippen LogP) is 2.36. The Hall–Kier alpha value is -2.27. The number of benzene rings is 1. The first-order valence-corrected chi connectivity index (χ1v) is 7.14. The number of carbonyl (C=O) groups excluding carboxylic acids is 1. The predicted molar refractivity (Wildman–Crippen MR) is 83.3 cm³/mol. The van der Waals surface area contributed by atoms with E-state index in [2.05, 4.69) is 0 Å². The van der Waals surface area contributed by atoms with E-state index in [1.165, 1.54) is 13.0 Å². The van der Waals surface area contributed by atoms with E-state index in [0.29, 0.717) is 23.7 Å². The first kappa shape index (κ1) is 16.1. The van der Waals surface area contributed by atoms with E-state index in [0.717, 1.165) is 5.56 Å². The first-order valence-electron chi connectivity index (χ1n) is 6.76. The van der Waals surface area contributed by atoms with Crippen molar-refractivity contribution >= 4 is 17.6 Å². The molecule has 0 fully saturated rings. The third kappa shape index (κ3) is 4.11. The Kier molecular flexibility index (Phi) is 5.22. The van der Waals surface area contributed by atoms with Crippen LogP contribution in [0.4, 0.5) is 0 Å². The van der Waals surface area contributed by atoms with Crippen LogP contribution in [0.15, 0.2) is 41.3 Å². The van der Waals surface area contributed by atoms with Crippen molar-refractivity contribution in [3.8, 4) is 5.75 Å². The largest absolute Gasteiger partial charge is 0.503 e. The van der Waals surface area contributed by atoms with E-state index < -0.39 is 5.43 Å². The monoisotopic (exact) mass is 321 g/mol. The van der Waals surface area contributed by atoms with Crippen molar-refractivity contribution in [3.63, 3.8) is 0 Å². The van der Waals surface area contributed by atoms with Crippen molar-refractivity contribution in [1.29, 1.82) is 0 Å². The molecule has 1 heterocycles. The Labute approximate surface area is 132 Å². The van der Waals surface area contributed by atoms with Gasteiger partial charge in [-0.1, -0.05) is 23.7 Å². The number of halogens is 1. The lowest BCUT2D eigenvalue weighted by molar-refractivity contribution is -0.141. The molecule has 0 aliphatic heterocycles. The summed E-state index contributed by atoms with van der Waals surface area (Å²) in [6.45, 7) is 1.86. The minimum absolute atomic E-state index is 0.172. The molecule has 6 heteroatoms. The number of carbonyl (C=O) groups is 1. The average Bonchev–Trinajstić information content (AvgIpc) is 2.48. The van der Waals surface area contributed by atoms with Gasteiger partial charge in [0.1, 0.15) is 6.61 Å². The Morgan fingerprint density at radius 2 is 1.95 bits per heavy atom. The Morgan fingerprint density at radius 3 is 2.59 bits per heavy atom. The summed E-state index contributed by atoms with van der Waals surface area (Å²) >= 11 is 5.85. The molecule has 1 aromatic heterocycles. The van der Waals surface area contributed by atoms with E-state index in [4.69, 9.17) is 16.3 Å². The van der Waals surface area contributed by atoms with Gasteiger partial charge >= 0.3 is 5.97 Å². The lowest BCUT2D eigenvalue weighted by Gasteiger charge is -2.14. The molecule has 0 aliphatic rings. The Morgan fingerprint density at radius 1 is 1.27 bits per heavy atom. The van der Waals surface area contributed by atoms with Gasteiger partial charge in [-0.05, 0) is 17.7 Å². The first-order chi connectivity index (χ1) is 10.5. The average molecular weight is 322 g/mol. The number of pyridine rings is 1. The molecule has 0 spiro atoms. The van der Waals surface area contributed by atoms with Gasteiger partial charge in [0, 0.05) is 30.6 Å². The van der Waals surface area contributed by atoms with Gasteiger partial charge in [-0.15, -0.1) is 0 Å². The number of hydrogen-bond acceptors (Lipinski definition) is 4. The zero-order chi connectivity index (χ0) is 16.1. The topological polar surface area (TPSA) is 68.5 Å². The van der Waals surface area contributed by atoms with Crippen LogP contribution < -0.4 is 5.43 Å². The van der Waals surface area contributed by atoms with Crippen LogP contribution in [0.5, 0.6) is 5.75 Å². The smallest absolute Gasteiger partial charge is 0.302 e. The van der Waals surface area contributed by atoms with E-state index in [9.17, 15) is 14.7 Å². The van der Waals surface area contributed by atoms with E-state index >= 15 is 0 Å². The summed E-state index contributed by atoms with van der Waals surface area (Å²) in [5.41, 5.74) is 0.946. The summed E-state index contributed by atoms with van der Waals surface area (Å²) in [5.74, 6) is -0.662. The minimum Gasteiger partial charge on any atom is -0.503 e. The van der Waals surface area contributed by atoms with Gasteiger partial charge in [0.15, 0.2) is 5.75 Å². The highest BCUT2D eigenvalue weighted by Crippen LogP contribution is 2.18. The molecule has 0 aliphatic carbocycles. The molecule has 2 aromatic rings. The van der Waals surface area contributed by atoms with Gasteiger partial charge in [0.05, 0.1) is 12.2 Å². The van der Waals surface area contributed by atoms with Crippen LogP contribution in [0.25, 0.3) is 0 Å². The molecule has 116 valence electrons. The van der Waals surface area contributed by atoms with Crippen molar-refractivity contribution in [3.05, 3.63) is 63.0 Å². The van der Waals surface area contributed by atoms with Crippen molar-refractivity contribution in [2.75, 3.05) is 6.61 Å². The Balaban J connectivity index is 2.26. The molecular weight excluding hydrogens is 306 g/mol. The third-order valence-corrected chi connectivity index (χ3v) is 3.43. The third-order valence-electron chi connectivity index (χ3n) is 3.18. The molecule has 1 N–H and O–H groups in total. The highest BCUT2D eigenvalue weighted by molar-refractivity contribution is 6.30. The maximum atomic E-state index is 11.6.